The number of benzene rings is 2. The van der Waals surface area contributed by atoms with E-state index in [1.54, 1.807) is 6.08 Å². The van der Waals surface area contributed by atoms with E-state index in [4.69, 9.17) is 4.74 Å². The molecule has 3 aromatic rings. The number of amides is 2. The topological polar surface area (TPSA) is 121 Å². The Morgan fingerprint density at radius 2 is 1.96 bits per heavy atom. The second kappa shape index (κ2) is 12.5. The Balaban J connectivity index is 1.31. The number of hydrogen-bond donors (Lipinski definition) is 3. The zero-order valence-corrected chi connectivity index (χ0v) is 25.4. The smallest absolute Gasteiger partial charge is 0.416 e. The van der Waals surface area contributed by atoms with Crippen molar-refractivity contribution in [2.45, 2.75) is 74.8 Å². The number of aliphatic carboxylic acids is 1. The summed E-state index contributed by atoms with van der Waals surface area (Å²) in [7, 11) is 0. The number of carboxylic acids is 1. The van der Waals surface area contributed by atoms with E-state index >= 15 is 0 Å². The Bertz CT molecular complexity index is 1650. The summed E-state index contributed by atoms with van der Waals surface area (Å²) in [6.45, 7) is -0.0502. The summed E-state index contributed by atoms with van der Waals surface area (Å²) in [5, 5.41) is 15.9. The van der Waals surface area contributed by atoms with Gasteiger partial charge in [-0.25, -0.2) is 14.2 Å². The summed E-state index contributed by atoms with van der Waals surface area (Å²) in [6, 6.07) is 7.20. The minimum atomic E-state index is -4.80. The number of thiazole rings is 1. The first-order valence-corrected chi connectivity index (χ1v) is 15.9. The average Bonchev–Trinajstić information content (AvgIpc) is 3.31. The van der Waals surface area contributed by atoms with E-state index in [2.05, 4.69) is 15.6 Å². The maximum absolute atomic E-state index is 14.3. The summed E-state index contributed by atoms with van der Waals surface area (Å²) in [5.74, 6) is -3.94. The number of fused-ring (bicyclic) bond motifs is 3. The van der Waals surface area contributed by atoms with Gasteiger partial charge in [0.1, 0.15) is 29.5 Å². The molecule has 0 spiro atoms. The number of anilines is 1. The van der Waals surface area contributed by atoms with Crippen LogP contribution in [0.5, 0.6) is 5.19 Å². The molecule has 3 aliphatic rings. The maximum Gasteiger partial charge on any atom is 0.416 e. The summed E-state index contributed by atoms with van der Waals surface area (Å²) in [4.78, 5) is 46.0. The third-order valence-corrected chi connectivity index (χ3v) is 9.66. The minimum Gasteiger partial charge on any atom is -0.479 e. The number of rotatable bonds is 5. The van der Waals surface area contributed by atoms with Crippen molar-refractivity contribution in [2.24, 2.45) is 5.92 Å². The van der Waals surface area contributed by atoms with Gasteiger partial charge in [0.25, 0.3) is 5.19 Å². The zero-order valence-electron chi connectivity index (χ0n) is 24.6. The van der Waals surface area contributed by atoms with Crippen LogP contribution in [-0.2, 0) is 20.6 Å². The number of halogens is 4. The van der Waals surface area contributed by atoms with Gasteiger partial charge in [-0.3, -0.25) is 9.59 Å². The highest BCUT2D eigenvalue weighted by molar-refractivity contribution is 7.20. The van der Waals surface area contributed by atoms with Gasteiger partial charge in [-0.1, -0.05) is 48.5 Å². The van der Waals surface area contributed by atoms with Gasteiger partial charge in [-0.2, -0.15) is 13.2 Å². The van der Waals surface area contributed by atoms with Crippen LogP contribution in [0, 0.1) is 11.7 Å². The number of alkyl halides is 3. The van der Waals surface area contributed by atoms with Crippen LogP contribution in [0.3, 0.4) is 0 Å². The standard InChI is InChI=1S/C32H32F4N4O5S/c33-20-12-19(32(34,35)36)13-21(14-20)37-24-10-5-3-1-2-4-8-18-16-31(18,29(43)44)39-27(41)25-15-22(17-40(25)28(24)42)45-30-38-23-9-6-7-11-26(23)46-30/h4,6-9,11-14,18,22,24-25,37H,1-3,5,10,15-17H2,(H,39,41)(H,43,44)/b8-4-/t18-,22+,24-,25-,31+/m0/s1. The Kier molecular flexibility index (Phi) is 8.66. The van der Waals surface area contributed by atoms with Crippen LogP contribution < -0.4 is 15.4 Å². The number of allylic oxidation sites excluding steroid dienone is 1. The molecular formula is C32H32F4N4O5S. The molecule has 3 N–H and O–H groups in total. The molecule has 0 bridgehead atoms. The van der Waals surface area contributed by atoms with E-state index in [0.717, 1.165) is 28.8 Å². The molecule has 6 rings (SSSR count). The van der Waals surface area contributed by atoms with Crippen LogP contribution in [-0.4, -0.2) is 63.0 Å². The summed E-state index contributed by atoms with van der Waals surface area (Å²) >= 11 is 1.30. The Morgan fingerprint density at radius 3 is 2.72 bits per heavy atom. The summed E-state index contributed by atoms with van der Waals surface area (Å²) in [6.07, 6.45) is 1.26. The molecule has 46 heavy (non-hydrogen) atoms. The van der Waals surface area contributed by atoms with Gasteiger partial charge in [-0.15, -0.1) is 0 Å². The molecule has 1 saturated carbocycles. The van der Waals surface area contributed by atoms with Crippen molar-refractivity contribution in [3.8, 4) is 5.19 Å². The molecule has 0 radical (unpaired) electrons. The number of carbonyl (C=O) groups is 3. The molecule has 244 valence electrons. The molecule has 0 unspecified atom stereocenters. The molecule has 2 fully saturated rings. The fraction of sp³-hybridized carbons (Fsp3) is 0.438. The van der Waals surface area contributed by atoms with Gasteiger partial charge in [0.15, 0.2) is 0 Å². The van der Waals surface area contributed by atoms with E-state index in [1.165, 1.54) is 16.2 Å². The van der Waals surface area contributed by atoms with Crippen molar-refractivity contribution in [3.63, 3.8) is 0 Å². The largest absolute Gasteiger partial charge is 0.479 e. The van der Waals surface area contributed by atoms with Gasteiger partial charge in [-0.05, 0) is 56.0 Å². The van der Waals surface area contributed by atoms with E-state index in [-0.39, 0.29) is 31.5 Å². The average molecular weight is 661 g/mol. The van der Waals surface area contributed by atoms with Gasteiger partial charge >= 0.3 is 12.1 Å². The third-order valence-electron chi connectivity index (χ3n) is 8.73. The highest BCUT2D eigenvalue weighted by atomic mass is 32.1. The van der Waals surface area contributed by atoms with Crippen LogP contribution in [0.25, 0.3) is 10.2 Å². The lowest BCUT2D eigenvalue weighted by molar-refractivity contribution is -0.145. The SMILES string of the molecule is O=C1N[C@]2(C(=O)O)C[C@@H]2/C=C\CCCCC[C@H](Nc2cc(F)cc(C(F)(F)F)c2)C(=O)N2C[C@H](Oc3nc4ccccc4s3)C[C@@H]12. The fourth-order valence-corrected chi connectivity index (χ4v) is 7.11. The predicted octanol–water partition coefficient (Wildman–Crippen LogP) is 5.76. The van der Waals surface area contributed by atoms with E-state index in [9.17, 15) is 37.1 Å². The van der Waals surface area contributed by atoms with Crippen LogP contribution >= 0.6 is 11.3 Å². The molecule has 3 heterocycles. The Labute approximate surface area is 265 Å². The Morgan fingerprint density at radius 1 is 1.15 bits per heavy atom. The van der Waals surface area contributed by atoms with Gasteiger partial charge in [0.05, 0.1) is 22.3 Å². The lowest BCUT2D eigenvalue weighted by Gasteiger charge is -2.30. The molecule has 1 aromatic heterocycles. The number of nitrogens with zero attached hydrogens (tertiary/aromatic N) is 2. The molecule has 2 amide bonds. The fourth-order valence-electron chi connectivity index (χ4n) is 6.23. The highest BCUT2D eigenvalue weighted by Crippen LogP contribution is 2.45. The first kappa shape index (κ1) is 31.8. The number of ether oxygens (including phenoxy) is 1. The normalized spacial score (nSPS) is 28.0. The van der Waals surface area contributed by atoms with Crippen LogP contribution in [0.4, 0.5) is 23.2 Å². The van der Waals surface area contributed by atoms with Gasteiger partial charge in [0, 0.05) is 18.0 Å². The second-order valence-corrected chi connectivity index (χ2v) is 13.0. The number of carbonyl (C=O) groups excluding carboxylic acids is 2. The van der Waals surface area contributed by atoms with Gasteiger partial charge in [0.2, 0.25) is 11.8 Å². The van der Waals surface area contributed by atoms with Crippen molar-refractivity contribution < 1.29 is 41.8 Å². The molecule has 9 nitrogen and oxygen atoms in total. The maximum atomic E-state index is 14.3. The number of aromatic nitrogens is 1. The molecule has 2 aliphatic heterocycles. The zero-order chi connectivity index (χ0) is 32.6. The van der Waals surface area contributed by atoms with Crippen LogP contribution in [0.2, 0.25) is 0 Å². The second-order valence-electron chi connectivity index (χ2n) is 12.0. The molecule has 1 aliphatic carbocycles. The quantitative estimate of drug-likeness (QED) is 0.235. The lowest BCUT2D eigenvalue weighted by Crippen LogP contribution is -2.55. The van der Waals surface area contributed by atoms with E-state index in [1.807, 2.05) is 30.3 Å². The summed E-state index contributed by atoms with van der Waals surface area (Å²) in [5.41, 5.74) is -2.20. The van der Waals surface area contributed by atoms with Crippen LogP contribution in [0.15, 0.2) is 54.6 Å². The van der Waals surface area contributed by atoms with E-state index in [0.29, 0.717) is 30.5 Å². The minimum absolute atomic E-state index is 0.0363. The molecule has 5 atom stereocenters. The van der Waals surface area contributed by atoms with Crippen molar-refractivity contribution in [3.05, 3.63) is 66.0 Å². The monoisotopic (exact) mass is 660 g/mol. The number of hydrogen-bond acceptors (Lipinski definition) is 7. The third kappa shape index (κ3) is 6.67. The highest BCUT2D eigenvalue weighted by Gasteiger charge is 2.61. The van der Waals surface area contributed by atoms with Crippen molar-refractivity contribution in [1.29, 1.82) is 0 Å². The molecular weight excluding hydrogens is 628 g/mol. The first-order chi connectivity index (χ1) is 21.9. The predicted molar refractivity (Wildman–Crippen MR) is 162 cm³/mol. The van der Waals surface area contributed by atoms with Crippen molar-refractivity contribution in [2.75, 3.05) is 11.9 Å². The number of nitrogens with one attached hydrogen (secondary N) is 2. The number of carboxylic acid groups (broad SMARTS) is 1. The molecule has 2 aromatic carbocycles. The molecule has 1 saturated heterocycles. The molecule has 14 heteroatoms. The Hall–Kier alpha value is -4.20. The van der Waals surface area contributed by atoms with Gasteiger partial charge < -0.3 is 25.4 Å². The first-order valence-electron chi connectivity index (χ1n) is 15.1. The number of para-hydroxylation sites is 1. The van der Waals surface area contributed by atoms with Crippen molar-refractivity contribution >= 4 is 45.0 Å². The summed E-state index contributed by atoms with van der Waals surface area (Å²) < 4.78 is 61.7. The van der Waals surface area contributed by atoms with E-state index < -0.39 is 65.0 Å². The van der Waals surface area contributed by atoms with Crippen molar-refractivity contribution in [1.82, 2.24) is 15.2 Å². The lowest BCUT2D eigenvalue weighted by atomic mass is 10.0. The van der Waals surface area contributed by atoms with Crippen LogP contribution in [0.1, 0.15) is 50.5 Å².